The van der Waals surface area contributed by atoms with Crippen molar-refractivity contribution in [2.24, 2.45) is 5.92 Å². The number of nitrogens with zero attached hydrogens (tertiary/aromatic N) is 4. The van der Waals surface area contributed by atoms with Gasteiger partial charge in [-0.3, -0.25) is 4.79 Å². The molecular formula is C27H23N5O. The van der Waals surface area contributed by atoms with Gasteiger partial charge in [0.2, 0.25) is 0 Å². The van der Waals surface area contributed by atoms with Gasteiger partial charge in [-0.25, -0.2) is 15.0 Å². The molecule has 0 amide bonds. The lowest BCUT2D eigenvalue weighted by atomic mass is 9.78. The second kappa shape index (κ2) is 7.52. The molecule has 5 aromatic rings. The smallest absolute Gasteiger partial charge is 0.146 e. The van der Waals surface area contributed by atoms with Gasteiger partial charge >= 0.3 is 0 Å². The topological polar surface area (TPSA) is 86.7 Å². The summed E-state index contributed by atoms with van der Waals surface area (Å²) in [6.07, 6.45) is 5.29. The molecule has 0 atom stereocenters. The van der Waals surface area contributed by atoms with E-state index in [0.717, 1.165) is 57.2 Å². The van der Waals surface area contributed by atoms with Crippen LogP contribution < -0.4 is 5.73 Å². The molecule has 0 radical (unpaired) electrons. The van der Waals surface area contributed by atoms with Crippen molar-refractivity contribution in [2.75, 3.05) is 5.73 Å². The summed E-state index contributed by atoms with van der Waals surface area (Å²) in [5.41, 5.74) is 12.1. The van der Waals surface area contributed by atoms with E-state index in [1.165, 1.54) is 6.33 Å². The second-order valence-corrected chi connectivity index (χ2v) is 8.81. The molecule has 1 aliphatic carbocycles. The van der Waals surface area contributed by atoms with Crippen LogP contribution in [0.4, 0.5) is 5.82 Å². The first-order chi connectivity index (χ1) is 16.1. The van der Waals surface area contributed by atoms with E-state index in [-0.39, 0.29) is 17.7 Å². The predicted octanol–water partition coefficient (Wildman–Crippen LogP) is 5.44. The molecule has 1 aliphatic rings. The van der Waals surface area contributed by atoms with Crippen LogP contribution in [0.25, 0.3) is 44.3 Å². The standard InChI is InChI=1S/C27H23N5O/c1-16(33)20-11-21(12-20)32-14-22(25-26(28)29-15-30-27(25)32)19-8-7-18-9-10-23(31-24(18)13-19)17-5-3-2-4-6-17/h2-10,13-15,20-21H,11-12H2,1H3,(H2,28,29,30). The maximum atomic E-state index is 11.7. The van der Waals surface area contributed by atoms with Crippen molar-refractivity contribution < 1.29 is 4.79 Å². The fourth-order valence-electron chi connectivity index (χ4n) is 4.81. The van der Waals surface area contributed by atoms with Crippen LogP contribution in [0.1, 0.15) is 25.8 Å². The Kier molecular flexibility index (Phi) is 4.47. The molecule has 6 rings (SSSR count). The highest BCUT2D eigenvalue weighted by Crippen LogP contribution is 2.43. The van der Waals surface area contributed by atoms with E-state index < -0.39 is 0 Å². The van der Waals surface area contributed by atoms with Crippen LogP contribution in [0.15, 0.2) is 73.2 Å². The number of carbonyl (C=O) groups excluding carboxylic acids is 1. The van der Waals surface area contributed by atoms with Crippen LogP contribution in [0.3, 0.4) is 0 Å². The minimum Gasteiger partial charge on any atom is -0.383 e. The van der Waals surface area contributed by atoms with E-state index in [0.29, 0.717) is 5.82 Å². The van der Waals surface area contributed by atoms with Crippen molar-refractivity contribution in [3.05, 3.63) is 73.2 Å². The SMILES string of the molecule is CC(=O)C1CC(n2cc(-c3ccc4ccc(-c5ccccc5)nc4c3)c3c(N)ncnc32)C1. The van der Waals surface area contributed by atoms with Crippen LogP contribution in [0, 0.1) is 5.92 Å². The van der Waals surface area contributed by atoms with Gasteiger partial charge in [0.1, 0.15) is 23.6 Å². The average molecular weight is 434 g/mol. The first kappa shape index (κ1) is 19.6. The van der Waals surface area contributed by atoms with Crippen molar-refractivity contribution in [2.45, 2.75) is 25.8 Å². The lowest BCUT2D eigenvalue weighted by Gasteiger charge is -2.34. The number of aromatic nitrogens is 4. The number of Topliss-reactive ketones (excluding diaryl/α,β-unsaturated/α-hetero) is 1. The zero-order chi connectivity index (χ0) is 22.5. The Morgan fingerprint density at radius 2 is 1.79 bits per heavy atom. The number of fused-ring (bicyclic) bond motifs is 2. The monoisotopic (exact) mass is 433 g/mol. The number of hydrogen-bond acceptors (Lipinski definition) is 5. The van der Waals surface area contributed by atoms with Crippen LogP contribution in [-0.2, 0) is 4.79 Å². The molecule has 6 nitrogen and oxygen atoms in total. The quantitative estimate of drug-likeness (QED) is 0.408. The molecule has 2 aromatic carbocycles. The first-order valence-corrected chi connectivity index (χ1v) is 11.2. The van der Waals surface area contributed by atoms with Crippen LogP contribution in [-0.4, -0.2) is 25.3 Å². The number of hydrogen-bond donors (Lipinski definition) is 1. The van der Waals surface area contributed by atoms with Gasteiger partial charge in [0.05, 0.1) is 16.6 Å². The van der Waals surface area contributed by atoms with Crippen molar-refractivity contribution >= 4 is 33.5 Å². The molecule has 33 heavy (non-hydrogen) atoms. The molecule has 2 N–H and O–H groups in total. The van der Waals surface area contributed by atoms with E-state index in [1.807, 2.05) is 18.2 Å². The van der Waals surface area contributed by atoms with Crippen molar-refractivity contribution in [3.63, 3.8) is 0 Å². The van der Waals surface area contributed by atoms with Gasteiger partial charge in [-0.15, -0.1) is 0 Å². The maximum Gasteiger partial charge on any atom is 0.146 e. The third-order valence-electron chi connectivity index (χ3n) is 6.79. The van der Waals surface area contributed by atoms with Crippen molar-refractivity contribution in [3.8, 4) is 22.4 Å². The number of benzene rings is 2. The molecule has 1 saturated carbocycles. The number of nitrogens with two attached hydrogens (primary N) is 1. The van der Waals surface area contributed by atoms with Gasteiger partial charge < -0.3 is 10.3 Å². The highest BCUT2D eigenvalue weighted by molar-refractivity contribution is 6.02. The summed E-state index contributed by atoms with van der Waals surface area (Å²) >= 11 is 0. The molecular weight excluding hydrogens is 410 g/mol. The Balaban J connectivity index is 1.47. The third kappa shape index (κ3) is 3.26. The molecule has 0 saturated heterocycles. The molecule has 6 heteroatoms. The Morgan fingerprint density at radius 1 is 1.00 bits per heavy atom. The van der Waals surface area contributed by atoms with E-state index >= 15 is 0 Å². The summed E-state index contributed by atoms with van der Waals surface area (Å²) in [6.45, 7) is 1.67. The Hall–Kier alpha value is -4.06. The number of anilines is 1. The molecule has 1 fully saturated rings. The fourth-order valence-corrected chi connectivity index (χ4v) is 4.81. The zero-order valence-corrected chi connectivity index (χ0v) is 18.3. The fraction of sp³-hybridized carbons (Fsp3) is 0.185. The number of carbonyl (C=O) groups is 1. The lowest BCUT2D eigenvalue weighted by Crippen LogP contribution is -2.31. The Bertz CT molecular complexity index is 1520. The number of pyridine rings is 1. The summed E-state index contributed by atoms with van der Waals surface area (Å²) < 4.78 is 2.17. The molecule has 0 aliphatic heterocycles. The van der Waals surface area contributed by atoms with Gasteiger partial charge in [0.25, 0.3) is 0 Å². The van der Waals surface area contributed by atoms with Crippen molar-refractivity contribution in [1.82, 2.24) is 19.5 Å². The minimum atomic E-state index is 0.136. The zero-order valence-electron chi connectivity index (χ0n) is 18.3. The molecule has 0 bridgehead atoms. The van der Waals surface area contributed by atoms with E-state index in [1.54, 1.807) is 6.92 Å². The second-order valence-electron chi connectivity index (χ2n) is 8.81. The summed E-state index contributed by atoms with van der Waals surface area (Å²) in [5, 5.41) is 1.93. The summed E-state index contributed by atoms with van der Waals surface area (Å²) in [5.74, 6) is 0.852. The highest BCUT2D eigenvalue weighted by atomic mass is 16.1. The first-order valence-electron chi connectivity index (χ1n) is 11.2. The van der Waals surface area contributed by atoms with Crippen LogP contribution in [0.2, 0.25) is 0 Å². The molecule has 3 aromatic heterocycles. The lowest BCUT2D eigenvalue weighted by molar-refractivity contribution is -0.124. The van der Waals surface area contributed by atoms with Crippen LogP contribution in [0.5, 0.6) is 0 Å². The van der Waals surface area contributed by atoms with Gasteiger partial charge in [-0.2, -0.15) is 0 Å². The van der Waals surface area contributed by atoms with Crippen molar-refractivity contribution in [1.29, 1.82) is 0 Å². The predicted molar refractivity (Wildman–Crippen MR) is 131 cm³/mol. The summed E-state index contributed by atoms with van der Waals surface area (Å²) in [7, 11) is 0. The summed E-state index contributed by atoms with van der Waals surface area (Å²) in [4.78, 5) is 25.5. The molecule has 0 unspecified atom stereocenters. The highest BCUT2D eigenvalue weighted by Gasteiger charge is 2.35. The number of rotatable bonds is 4. The van der Waals surface area contributed by atoms with Crippen LogP contribution >= 0.6 is 0 Å². The van der Waals surface area contributed by atoms with Gasteiger partial charge in [-0.05, 0) is 37.5 Å². The normalized spacial score (nSPS) is 17.8. The molecule has 3 heterocycles. The van der Waals surface area contributed by atoms with Gasteiger partial charge in [-0.1, -0.05) is 48.5 Å². The van der Waals surface area contributed by atoms with Gasteiger partial charge in [0.15, 0.2) is 0 Å². The number of nitrogen functional groups attached to an aromatic ring is 1. The third-order valence-corrected chi connectivity index (χ3v) is 6.79. The Morgan fingerprint density at radius 3 is 2.58 bits per heavy atom. The number of ketones is 1. The van der Waals surface area contributed by atoms with E-state index in [9.17, 15) is 4.79 Å². The molecule has 0 spiro atoms. The largest absolute Gasteiger partial charge is 0.383 e. The van der Waals surface area contributed by atoms with E-state index in [2.05, 4.69) is 63.2 Å². The minimum absolute atomic E-state index is 0.136. The van der Waals surface area contributed by atoms with Gasteiger partial charge in [0, 0.05) is 34.7 Å². The maximum absolute atomic E-state index is 11.7. The molecule has 162 valence electrons. The van der Waals surface area contributed by atoms with E-state index in [4.69, 9.17) is 10.7 Å². The Labute approximate surface area is 191 Å². The summed E-state index contributed by atoms with van der Waals surface area (Å²) in [6, 6.07) is 20.9. The average Bonchev–Trinajstić information content (AvgIpc) is 3.18.